The highest BCUT2D eigenvalue weighted by Crippen LogP contribution is 2.23. The van der Waals surface area contributed by atoms with Crippen LogP contribution in [0.3, 0.4) is 0 Å². The predicted molar refractivity (Wildman–Crippen MR) is 70.8 cm³/mol. The van der Waals surface area contributed by atoms with Crippen LogP contribution in [0.15, 0.2) is 0 Å². The molecule has 7 nitrogen and oxygen atoms in total. The topological polar surface area (TPSA) is 121 Å². The van der Waals surface area contributed by atoms with Crippen molar-refractivity contribution in [3.05, 3.63) is 0 Å². The number of hydrogen-bond acceptors (Lipinski definition) is 6. The summed E-state index contributed by atoms with van der Waals surface area (Å²) in [6, 6.07) is -1.11. The molecular weight excluding hydrogens is 294 g/mol. The molecule has 1 aliphatic heterocycles. The molecule has 19 heavy (non-hydrogen) atoms. The maximum atomic E-state index is 11.5. The third-order valence-electron chi connectivity index (χ3n) is 2.69. The van der Waals surface area contributed by atoms with Gasteiger partial charge in [0.1, 0.15) is 6.04 Å². The standard InChI is InChI=1S/C10H17NO6S2/c12-3-1-8(10(14)15)11-9(13)5-18-7-2-4-19(16,17)6-7/h7-8,12H,1-6H2,(H,11,13)(H,14,15)/t7?,8-/m0/s1. The lowest BCUT2D eigenvalue weighted by Crippen LogP contribution is -2.42. The van der Waals surface area contributed by atoms with E-state index >= 15 is 0 Å². The molecule has 110 valence electrons. The molecule has 0 aromatic carbocycles. The van der Waals surface area contributed by atoms with Crippen molar-refractivity contribution in [2.75, 3.05) is 23.9 Å². The van der Waals surface area contributed by atoms with E-state index in [0.717, 1.165) is 0 Å². The molecule has 2 atom stereocenters. The normalized spacial score (nSPS) is 22.9. The summed E-state index contributed by atoms with van der Waals surface area (Å²) in [4.78, 5) is 22.3. The maximum absolute atomic E-state index is 11.5. The van der Waals surface area contributed by atoms with Gasteiger partial charge >= 0.3 is 5.97 Å². The monoisotopic (exact) mass is 311 g/mol. The van der Waals surface area contributed by atoms with Gasteiger partial charge in [-0.1, -0.05) is 0 Å². The van der Waals surface area contributed by atoms with E-state index in [-0.39, 0.29) is 35.5 Å². The number of aliphatic hydroxyl groups excluding tert-OH is 1. The van der Waals surface area contributed by atoms with Gasteiger partial charge in [0.15, 0.2) is 9.84 Å². The van der Waals surface area contributed by atoms with Crippen molar-refractivity contribution in [1.29, 1.82) is 0 Å². The van der Waals surface area contributed by atoms with Crippen LogP contribution in [0.25, 0.3) is 0 Å². The first kappa shape index (κ1) is 16.3. The fourth-order valence-electron chi connectivity index (χ4n) is 1.71. The van der Waals surface area contributed by atoms with E-state index in [1.54, 1.807) is 0 Å². The average molecular weight is 311 g/mol. The van der Waals surface area contributed by atoms with Crippen LogP contribution in [0.1, 0.15) is 12.8 Å². The van der Waals surface area contributed by atoms with Crippen molar-refractivity contribution in [1.82, 2.24) is 5.32 Å². The first-order chi connectivity index (χ1) is 8.84. The Morgan fingerprint density at radius 3 is 2.58 bits per heavy atom. The van der Waals surface area contributed by atoms with Gasteiger partial charge in [0.2, 0.25) is 5.91 Å². The molecule has 0 radical (unpaired) electrons. The van der Waals surface area contributed by atoms with Crippen molar-refractivity contribution in [2.45, 2.75) is 24.1 Å². The van der Waals surface area contributed by atoms with Crippen molar-refractivity contribution >= 4 is 33.5 Å². The Hall–Kier alpha value is -0.800. The Kier molecular flexibility index (Phi) is 6.08. The number of aliphatic hydroxyl groups is 1. The summed E-state index contributed by atoms with van der Waals surface area (Å²) in [5.41, 5.74) is 0. The number of hydrogen-bond donors (Lipinski definition) is 3. The van der Waals surface area contributed by atoms with Crippen LogP contribution >= 0.6 is 11.8 Å². The summed E-state index contributed by atoms with van der Waals surface area (Å²) in [6.07, 6.45) is 0.475. The van der Waals surface area contributed by atoms with E-state index < -0.39 is 27.8 Å². The predicted octanol–water partition coefficient (Wildman–Crippen LogP) is -1.14. The Morgan fingerprint density at radius 2 is 2.11 bits per heavy atom. The van der Waals surface area contributed by atoms with Crippen molar-refractivity contribution < 1.29 is 28.2 Å². The SMILES string of the molecule is O=C(CSC1CCS(=O)(=O)C1)N[C@@H](CCO)C(=O)O. The fraction of sp³-hybridized carbons (Fsp3) is 0.800. The molecule has 3 N–H and O–H groups in total. The first-order valence-electron chi connectivity index (χ1n) is 5.79. The second kappa shape index (κ2) is 7.11. The number of carboxylic acid groups (broad SMARTS) is 1. The van der Waals surface area contributed by atoms with Crippen LogP contribution in [0.2, 0.25) is 0 Å². The maximum Gasteiger partial charge on any atom is 0.326 e. The second-order valence-electron chi connectivity index (χ2n) is 4.31. The van der Waals surface area contributed by atoms with Gasteiger partial charge in [-0.05, 0) is 6.42 Å². The molecule has 1 unspecified atom stereocenters. The minimum Gasteiger partial charge on any atom is -0.480 e. The Morgan fingerprint density at radius 1 is 1.42 bits per heavy atom. The molecule has 0 saturated carbocycles. The molecule has 0 aromatic rings. The number of carbonyl (C=O) groups is 2. The molecule has 1 fully saturated rings. The molecular formula is C10H17NO6S2. The summed E-state index contributed by atoms with van der Waals surface area (Å²) in [6.45, 7) is -0.328. The molecule has 1 amide bonds. The highest BCUT2D eigenvalue weighted by atomic mass is 32.2. The largest absolute Gasteiger partial charge is 0.480 e. The average Bonchev–Trinajstić information content (AvgIpc) is 2.66. The Labute approximate surface area is 115 Å². The minimum absolute atomic E-state index is 0.0232. The van der Waals surface area contributed by atoms with Gasteiger partial charge in [0, 0.05) is 18.3 Å². The van der Waals surface area contributed by atoms with E-state index in [1.165, 1.54) is 11.8 Å². The lowest BCUT2D eigenvalue weighted by atomic mass is 10.2. The van der Waals surface area contributed by atoms with Gasteiger partial charge in [-0.2, -0.15) is 0 Å². The third-order valence-corrected chi connectivity index (χ3v) is 5.97. The molecule has 0 bridgehead atoms. The number of rotatable bonds is 7. The Balaban J connectivity index is 2.33. The molecule has 1 heterocycles. The number of carbonyl (C=O) groups excluding carboxylic acids is 1. The van der Waals surface area contributed by atoms with Crippen LogP contribution in [-0.2, 0) is 19.4 Å². The van der Waals surface area contributed by atoms with E-state index in [9.17, 15) is 18.0 Å². The lowest BCUT2D eigenvalue weighted by Gasteiger charge is -2.14. The molecule has 0 aromatic heterocycles. The van der Waals surface area contributed by atoms with Gasteiger partial charge in [0.05, 0.1) is 17.3 Å². The minimum atomic E-state index is -2.97. The van der Waals surface area contributed by atoms with Crippen LogP contribution < -0.4 is 5.32 Å². The number of nitrogens with one attached hydrogen (secondary N) is 1. The molecule has 0 aliphatic carbocycles. The van der Waals surface area contributed by atoms with Gasteiger partial charge in [-0.15, -0.1) is 11.8 Å². The number of thioether (sulfide) groups is 1. The summed E-state index contributed by atoms with van der Waals surface area (Å²) in [5, 5.41) is 19.7. The van der Waals surface area contributed by atoms with E-state index in [1.807, 2.05) is 0 Å². The first-order valence-corrected chi connectivity index (χ1v) is 8.66. The van der Waals surface area contributed by atoms with Crippen LogP contribution in [0.4, 0.5) is 0 Å². The van der Waals surface area contributed by atoms with Crippen molar-refractivity contribution in [3.63, 3.8) is 0 Å². The number of sulfone groups is 1. The van der Waals surface area contributed by atoms with Crippen LogP contribution in [0, 0.1) is 0 Å². The molecule has 1 aliphatic rings. The summed E-state index contributed by atoms with van der Waals surface area (Å²) in [7, 11) is -2.97. The quantitative estimate of drug-likeness (QED) is 0.543. The van der Waals surface area contributed by atoms with Gasteiger partial charge in [0.25, 0.3) is 0 Å². The smallest absolute Gasteiger partial charge is 0.326 e. The second-order valence-corrected chi connectivity index (χ2v) is 7.82. The zero-order valence-corrected chi connectivity index (χ0v) is 11.9. The number of carboxylic acids is 1. The van der Waals surface area contributed by atoms with E-state index in [4.69, 9.17) is 10.2 Å². The van der Waals surface area contributed by atoms with Crippen molar-refractivity contribution in [3.8, 4) is 0 Å². The van der Waals surface area contributed by atoms with Gasteiger partial charge in [-0.3, -0.25) is 4.79 Å². The zero-order chi connectivity index (χ0) is 14.5. The van der Waals surface area contributed by atoms with Crippen LogP contribution in [-0.4, -0.2) is 65.7 Å². The van der Waals surface area contributed by atoms with E-state index in [2.05, 4.69) is 5.32 Å². The van der Waals surface area contributed by atoms with Gasteiger partial charge in [-0.25, -0.2) is 13.2 Å². The fourth-order valence-corrected chi connectivity index (χ4v) is 5.16. The van der Waals surface area contributed by atoms with E-state index in [0.29, 0.717) is 6.42 Å². The molecule has 9 heteroatoms. The van der Waals surface area contributed by atoms with Crippen LogP contribution in [0.5, 0.6) is 0 Å². The molecule has 1 saturated heterocycles. The number of amides is 1. The Bertz CT molecular complexity index is 435. The summed E-state index contributed by atoms with van der Waals surface area (Å²) < 4.78 is 22.4. The summed E-state index contributed by atoms with van der Waals surface area (Å²) in [5.74, 6) is -1.42. The summed E-state index contributed by atoms with van der Waals surface area (Å²) >= 11 is 1.22. The molecule has 1 rings (SSSR count). The zero-order valence-electron chi connectivity index (χ0n) is 10.2. The third kappa shape index (κ3) is 5.79. The highest BCUT2D eigenvalue weighted by molar-refractivity contribution is 8.02. The van der Waals surface area contributed by atoms with Crippen molar-refractivity contribution in [2.24, 2.45) is 0 Å². The highest BCUT2D eigenvalue weighted by Gasteiger charge is 2.29. The number of aliphatic carboxylic acids is 1. The molecule has 0 spiro atoms. The lowest BCUT2D eigenvalue weighted by molar-refractivity contribution is -0.141. The van der Waals surface area contributed by atoms with Gasteiger partial charge < -0.3 is 15.5 Å².